The number of hydrogen-bond donors (Lipinski definition) is 1. The van der Waals surface area contributed by atoms with Crippen LogP contribution in [0, 0.1) is 11.3 Å². The molecule has 3 nitrogen and oxygen atoms in total. The monoisotopic (exact) mass is 302 g/mol. The van der Waals surface area contributed by atoms with Gasteiger partial charge in [0.1, 0.15) is 11.9 Å². The zero-order chi connectivity index (χ0) is 15.8. The van der Waals surface area contributed by atoms with E-state index in [1.165, 1.54) is 0 Å². The summed E-state index contributed by atoms with van der Waals surface area (Å²) in [5.74, 6) is 0.252. The van der Waals surface area contributed by atoms with Gasteiger partial charge in [-0.3, -0.25) is 0 Å². The van der Waals surface area contributed by atoms with Crippen LogP contribution in [0.4, 0.5) is 19.0 Å². The topological polar surface area (TPSA) is 48.1 Å². The first-order valence-electron chi connectivity index (χ1n) is 7.06. The Balaban J connectivity index is 2.18. The van der Waals surface area contributed by atoms with Gasteiger partial charge in [-0.2, -0.15) is 18.2 Å². The maximum absolute atomic E-state index is 12.8. The maximum Gasteiger partial charge on any atom is 0.416 e. The van der Waals surface area contributed by atoms with Crippen LogP contribution >= 0.6 is 0 Å². The van der Waals surface area contributed by atoms with Gasteiger partial charge < -0.3 is 10.5 Å². The number of pyridine rings is 1. The van der Waals surface area contributed by atoms with Crippen molar-refractivity contribution in [3.8, 4) is 5.88 Å². The molecule has 0 aromatic carbocycles. The van der Waals surface area contributed by atoms with Gasteiger partial charge in [0.05, 0.1) is 5.56 Å². The molecule has 1 aliphatic rings. The van der Waals surface area contributed by atoms with Crippen LogP contribution in [0.3, 0.4) is 0 Å². The molecule has 1 saturated carbocycles. The molecule has 6 heteroatoms. The van der Waals surface area contributed by atoms with Crippen LogP contribution in [-0.2, 0) is 6.18 Å². The minimum Gasteiger partial charge on any atom is -0.474 e. The molecule has 0 aliphatic heterocycles. The van der Waals surface area contributed by atoms with Crippen LogP contribution in [0.1, 0.15) is 45.6 Å². The Morgan fingerprint density at radius 1 is 1.29 bits per heavy atom. The van der Waals surface area contributed by atoms with Crippen LogP contribution in [0.5, 0.6) is 5.88 Å². The molecule has 0 radical (unpaired) electrons. The van der Waals surface area contributed by atoms with Gasteiger partial charge in [0.25, 0.3) is 0 Å². The predicted molar refractivity (Wildman–Crippen MR) is 74.9 cm³/mol. The second-order valence-electron chi connectivity index (χ2n) is 6.77. The molecule has 2 rings (SSSR count). The van der Waals surface area contributed by atoms with Gasteiger partial charge in [-0.25, -0.2) is 0 Å². The van der Waals surface area contributed by atoms with Gasteiger partial charge in [0, 0.05) is 6.07 Å². The van der Waals surface area contributed by atoms with Crippen LogP contribution in [0.15, 0.2) is 12.1 Å². The fourth-order valence-electron chi connectivity index (χ4n) is 3.27. The van der Waals surface area contributed by atoms with E-state index >= 15 is 0 Å². The number of hydrogen-bond acceptors (Lipinski definition) is 3. The van der Waals surface area contributed by atoms with Crippen molar-refractivity contribution in [3.05, 3.63) is 17.7 Å². The average Bonchev–Trinajstić information content (AvgIpc) is 2.23. The lowest BCUT2D eigenvalue weighted by Gasteiger charge is -2.38. The van der Waals surface area contributed by atoms with Crippen molar-refractivity contribution in [3.63, 3.8) is 0 Å². The minimum absolute atomic E-state index is 0.0442. The Morgan fingerprint density at radius 2 is 1.95 bits per heavy atom. The third-order valence-electron chi connectivity index (χ3n) is 3.78. The molecule has 0 saturated heterocycles. The SMILES string of the molecule is CC1CC(Oc2cc(C(F)(F)F)cc(N)n2)CC(C)(C)C1. The Hall–Kier alpha value is -1.46. The fourth-order valence-corrected chi connectivity index (χ4v) is 3.27. The number of alkyl halides is 3. The highest BCUT2D eigenvalue weighted by atomic mass is 19.4. The normalized spacial score (nSPS) is 25.6. The molecular weight excluding hydrogens is 281 g/mol. The van der Waals surface area contributed by atoms with Crippen molar-refractivity contribution in [2.75, 3.05) is 5.73 Å². The lowest BCUT2D eigenvalue weighted by Crippen LogP contribution is -2.34. The molecule has 21 heavy (non-hydrogen) atoms. The molecule has 1 aromatic rings. The highest BCUT2D eigenvalue weighted by Crippen LogP contribution is 2.40. The van der Waals surface area contributed by atoms with Crippen LogP contribution in [-0.4, -0.2) is 11.1 Å². The number of aromatic nitrogens is 1. The molecule has 0 amide bonds. The molecule has 2 atom stereocenters. The van der Waals surface area contributed by atoms with Gasteiger partial charge in [0.2, 0.25) is 5.88 Å². The predicted octanol–water partition coefficient (Wildman–Crippen LogP) is 4.28. The molecule has 1 heterocycles. The summed E-state index contributed by atoms with van der Waals surface area (Å²) in [6.45, 7) is 6.42. The lowest BCUT2D eigenvalue weighted by molar-refractivity contribution is -0.137. The number of anilines is 1. The number of nitrogens with two attached hydrogens (primary N) is 1. The number of ether oxygens (including phenoxy) is 1. The highest BCUT2D eigenvalue weighted by molar-refractivity contribution is 5.38. The Kier molecular flexibility index (Phi) is 4.08. The van der Waals surface area contributed by atoms with Gasteiger partial charge in [-0.05, 0) is 36.7 Å². The van der Waals surface area contributed by atoms with Gasteiger partial charge in [-0.1, -0.05) is 20.8 Å². The van der Waals surface area contributed by atoms with E-state index in [0.717, 1.165) is 31.4 Å². The third kappa shape index (κ3) is 4.25. The van der Waals surface area contributed by atoms with Crippen molar-refractivity contribution >= 4 is 5.82 Å². The van der Waals surface area contributed by atoms with E-state index in [2.05, 4.69) is 25.8 Å². The fraction of sp³-hybridized carbons (Fsp3) is 0.667. The number of halogens is 3. The van der Waals surface area contributed by atoms with E-state index in [0.29, 0.717) is 5.92 Å². The molecule has 1 aliphatic carbocycles. The lowest BCUT2D eigenvalue weighted by atomic mass is 9.71. The minimum atomic E-state index is -4.45. The molecule has 118 valence electrons. The van der Waals surface area contributed by atoms with E-state index in [-0.39, 0.29) is 23.2 Å². The molecule has 2 unspecified atom stereocenters. The van der Waals surface area contributed by atoms with Gasteiger partial charge >= 0.3 is 6.18 Å². The first-order valence-corrected chi connectivity index (χ1v) is 7.06. The quantitative estimate of drug-likeness (QED) is 0.887. The summed E-state index contributed by atoms with van der Waals surface area (Å²) in [5, 5.41) is 0. The molecular formula is C15H21F3N2O. The summed E-state index contributed by atoms with van der Waals surface area (Å²) < 4.78 is 44.0. The van der Waals surface area contributed by atoms with Crippen molar-refractivity contribution in [2.45, 2.75) is 52.3 Å². The van der Waals surface area contributed by atoms with Crippen molar-refractivity contribution in [1.82, 2.24) is 4.98 Å². The molecule has 1 fully saturated rings. The standard InChI is InChI=1S/C15H21F3N2O/c1-9-4-11(8-14(2,3)7-9)21-13-6-10(15(16,17)18)5-12(19)20-13/h5-6,9,11H,4,7-8H2,1-3H3,(H2,19,20). The second-order valence-corrected chi connectivity index (χ2v) is 6.77. The van der Waals surface area contributed by atoms with Crippen molar-refractivity contribution < 1.29 is 17.9 Å². The summed E-state index contributed by atoms with van der Waals surface area (Å²) in [6, 6.07) is 1.74. The van der Waals surface area contributed by atoms with Crippen LogP contribution in [0.2, 0.25) is 0 Å². The molecule has 0 spiro atoms. The Bertz CT molecular complexity index is 514. The van der Waals surface area contributed by atoms with E-state index in [9.17, 15) is 13.2 Å². The molecule has 0 bridgehead atoms. The molecule has 2 N–H and O–H groups in total. The average molecular weight is 302 g/mol. The zero-order valence-electron chi connectivity index (χ0n) is 12.5. The van der Waals surface area contributed by atoms with Crippen molar-refractivity contribution in [1.29, 1.82) is 0 Å². The van der Waals surface area contributed by atoms with Crippen LogP contribution < -0.4 is 10.5 Å². The Morgan fingerprint density at radius 3 is 2.52 bits per heavy atom. The van der Waals surface area contributed by atoms with E-state index in [1.54, 1.807) is 0 Å². The third-order valence-corrected chi connectivity index (χ3v) is 3.78. The maximum atomic E-state index is 12.8. The summed E-state index contributed by atoms with van der Waals surface area (Å²) >= 11 is 0. The van der Waals surface area contributed by atoms with E-state index in [4.69, 9.17) is 10.5 Å². The summed E-state index contributed by atoms with van der Waals surface area (Å²) in [6.07, 6.45) is -1.87. The first-order chi connectivity index (χ1) is 9.55. The smallest absolute Gasteiger partial charge is 0.416 e. The molecule has 1 aromatic heterocycles. The van der Waals surface area contributed by atoms with Crippen LogP contribution in [0.25, 0.3) is 0 Å². The number of rotatable bonds is 2. The number of nitrogen functional groups attached to an aromatic ring is 1. The summed E-state index contributed by atoms with van der Waals surface area (Å²) in [5.41, 5.74) is 4.75. The van der Waals surface area contributed by atoms with E-state index < -0.39 is 11.7 Å². The first kappa shape index (κ1) is 15.9. The summed E-state index contributed by atoms with van der Waals surface area (Å²) in [4.78, 5) is 3.87. The van der Waals surface area contributed by atoms with Gasteiger partial charge in [-0.15, -0.1) is 0 Å². The highest BCUT2D eigenvalue weighted by Gasteiger charge is 2.35. The van der Waals surface area contributed by atoms with E-state index in [1.807, 2.05) is 0 Å². The Labute approximate surface area is 122 Å². The second kappa shape index (κ2) is 5.39. The van der Waals surface area contributed by atoms with Crippen molar-refractivity contribution in [2.24, 2.45) is 11.3 Å². The number of nitrogens with zero attached hydrogens (tertiary/aromatic N) is 1. The summed E-state index contributed by atoms with van der Waals surface area (Å²) in [7, 11) is 0. The van der Waals surface area contributed by atoms with Gasteiger partial charge in [0.15, 0.2) is 0 Å². The zero-order valence-corrected chi connectivity index (χ0v) is 12.5. The largest absolute Gasteiger partial charge is 0.474 e.